The van der Waals surface area contributed by atoms with Crippen molar-refractivity contribution < 1.29 is 120 Å². The first kappa shape index (κ1) is 60.5. The molecule has 0 spiro atoms. The number of halogens is 24. The highest BCUT2D eigenvalue weighted by atomic mass is 19.4. The van der Waals surface area contributed by atoms with Gasteiger partial charge in [0.1, 0.15) is 6.15 Å². The molecule has 0 atom stereocenters. The van der Waals surface area contributed by atoms with Crippen molar-refractivity contribution in [2.75, 3.05) is 0 Å². The first-order valence-corrected chi connectivity index (χ1v) is 21.6. The van der Waals surface area contributed by atoms with E-state index >= 15 is 0 Å². The number of Topliss-reactive ketones (excluding diaryl/α,β-unsaturated/α-hetero) is 1. The fourth-order valence-electron chi connectivity index (χ4n) is 8.60. The summed E-state index contributed by atoms with van der Waals surface area (Å²) in [5.74, 6) is -0.458. The first-order chi connectivity index (χ1) is 35.9. The van der Waals surface area contributed by atoms with E-state index in [0.29, 0.717) is 11.1 Å². The zero-order chi connectivity index (χ0) is 59.4. The Morgan fingerprint density at radius 1 is 0.367 bits per heavy atom. The van der Waals surface area contributed by atoms with Crippen LogP contribution in [0.15, 0.2) is 140 Å². The van der Waals surface area contributed by atoms with Crippen LogP contribution in [0.25, 0.3) is 10.9 Å². The average molecular weight is 1150 g/mol. The number of ketones is 1. The number of hydrogen-bond donors (Lipinski definition) is 1. The van der Waals surface area contributed by atoms with Crippen molar-refractivity contribution in [3.63, 3.8) is 0 Å². The molecule has 0 bridgehead atoms. The molecule has 1 aromatic heterocycles. The fraction of sp³-hybridized carbons (Fsp3) is 0.180. The molecule has 0 aliphatic heterocycles. The highest BCUT2D eigenvalue weighted by Gasteiger charge is 2.47. The number of nitrogens with zero attached hydrogens (tertiary/aromatic N) is 1. The van der Waals surface area contributed by atoms with Gasteiger partial charge in [-0.05, 0) is 36.4 Å². The summed E-state index contributed by atoms with van der Waals surface area (Å²) in [6, 6.07) is 9.31. The lowest BCUT2D eigenvalue weighted by Crippen LogP contribution is -2.75. The Kier molecular flexibility index (Phi) is 15.9. The van der Waals surface area contributed by atoms with E-state index in [1.165, 1.54) is 0 Å². The van der Waals surface area contributed by atoms with Gasteiger partial charge in [0.25, 0.3) is 0 Å². The smallest absolute Gasteiger partial charge is 0.366 e. The van der Waals surface area contributed by atoms with Crippen molar-refractivity contribution in [2.45, 2.75) is 56.0 Å². The molecule has 29 heteroatoms. The van der Waals surface area contributed by atoms with Gasteiger partial charge in [0, 0.05) is 17.7 Å². The van der Waals surface area contributed by atoms with Crippen molar-refractivity contribution in [3.8, 4) is 0 Å². The molecule has 1 heterocycles. The molecule has 2 N–H and O–H groups in total. The molecule has 0 saturated carbocycles. The zero-order valence-electron chi connectivity index (χ0n) is 38.5. The van der Waals surface area contributed by atoms with Crippen LogP contribution in [0.1, 0.15) is 65.2 Å². The molecular formula is C50H27BF24N2O2. The normalized spacial score (nSPS) is 13.3. The average Bonchev–Trinajstić information content (AvgIpc) is 3.53. The number of hydrogen-bond acceptors (Lipinski definition) is 2. The molecule has 0 fully saturated rings. The predicted octanol–water partition coefficient (Wildman–Crippen LogP) is 13.3. The molecule has 79 heavy (non-hydrogen) atoms. The van der Waals surface area contributed by atoms with Crippen LogP contribution < -0.4 is 32.2 Å². The first-order valence-electron chi connectivity index (χ1n) is 21.6. The van der Waals surface area contributed by atoms with Crippen molar-refractivity contribution in [2.24, 2.45) is 5.73 Å². The van der Waals surface area contributed by atoms with Gasteiger partial charge in [0.05, 0.1) is 55.5 Å². The second kappa shape index (κ2) is 20.8. The number of carbonyl (C=O) groups is 2. The van der Waals surface area contributed by atoms with Gasteiger partial charge in [-0.1, -0.05) is 84.9 Å². The van der Waals surface area contributed by atoms with Crippen molar-refractivity contribution in [1.29, 1.82) is 0 Å². The lowest BCUT2D eigenvalue weighted by atomic mass is 9.12. The maximum atomic E-state index is 14.2. The Morgan fingerprint density at radius 2 is 0.658 bits per heavy atom. The summed E-state index contributed by atoms with van der Waals surface area (Å²) in [4.78, 5) is 23.9. The number of nitrogens with two attached hydrogens (primary N) is 1. The Balaban J connectivity index is 0.000000378. The lowest BCUT2D eigenvalue weighted by Gasteiger charge is -2.46. The molecular weight excluding hydrogens is 1130 g/mol. The summed E-state index contributed by atoms with van der Waals surface area (Å²) in [6.45, 7) is 0.212. The third-order valence-corrected chi connectivity index (χ3v) is 12.0. The number of rotatable bonds is 8. The van der Waals surface area contributed by atoms with Gasteiger partial charge in [-0.15, -0.1) is 0 Å². The summed E-state index contributed by atoms with van der Waals surface area (Å²) in [5.41, 5.74) is -22.9. The molecule has 0 saturated heterocycles. The van der Waals surface area contributed by atoms with Gasteiger partial charge in [-0.2, -0.15) is 132 Å². The van der Waals surface area contributed by atoms with Crippen LogP contribution in [-0.2, 0) is 56.0 Å². The van der Waals surface area contributed by atoms with E-state index in [1.54, 1.807) is 24.3 Å². The SMILES string of the molecule is FC(F)(F)c1cc([B-](c2cc(C(F)(F)F)cc(C(F)(F)F)c2)(c2cc(C(F)(F)F)cc(C(F)(F)F)c2)c2cc(C(F)(F)F)cc(C(F)(F)F)c2)cc(C(F)(F)F)c1.NC(=O)c1cccc2c1ccc[n+]2CC(=O)c1ccccc1. The van der Waals surface area contributed by atoms with E-state index in [1.807, 2.05) is 47.2 Å². The Bertz CT molecular complexity index is 2990. The number of fused-ring (bicyclic) bond motifs is 1. The summed E-state index contributed by atoms with van der Waals surface area (Å²) < 4.78 is 343. The minimum Gasteiger partial charge on any atom is -0.366 e. The number of aromatic nitrogens is 1. The van der Waals surface area contributed by atoms with Crippen molar-refractivity contribution in [1.82, 2.24) is 0 Å². The minimum atomic E-state index is -6.13. The third-order valence-electron chi connectivity index (χ3n) is 12.0. The van der Waals surface area contributed by atoms with E-state index in [9.17, 15) is 115 Å². The molecule has 0 radical (unpaired) electrons. The van der Waals surface area contributed by atoms with E-state index in [0.717, 1.165) is 10.9 Å². The van der Waals surface area contributed by atoms with Crippen molar-refractivity contribution >= 4 is 50.6 Å². The van der Waals surface area contributed by atoms with Crippen LogP contribution in [0.4, 0.5) is 105 Å². The van der Waals surface area contributed by atoms with Gasteiger partial charge >= 0.3 is 49.4 Å². The topological polar surface area (TPSA) is 64.0 Å². The molecule has 0 unspecified atom stereocenters. The summed E-state index contributed by atoms with van der Waals surface area (Å²) >= 11 is 0. The second-order valence-electron chi connectivity index (χ2n) is 17.3. The number of primary amides is 1. The maximum absolute atomic E-state index is 14.2. The van der Waals surface area contributed by atoms with Crippen molar-refractivity contribution in [3.05, 3.63) is 195 Å². The lowest BCUT2D eigenvalue weighted by molar-refractivity contribution is -0.657. The van der Waals surface area contributed by atoms with E-state index in [2.05, 4.69) is 0 Å². The number of alkyl halides is 24. The largest absolute Gasteiger partial charge is 0.416 e. The van der Waals surface area contributed by atoms with Crippen LogP contribution in [0.2, 0.25) is 0 Å². The quantitative estimate of drug-likeness (QED) is 0.0713. The standard InChI is InChI=1S/C32H12BF24.C18H14N2O2/c34-25(35,36)13-1-14(26(37,38)39)6-21(5-13)33(22-7-15(27(40,41)42)2-16(8-22)28(43,44)45,23-9-17(29(46,47)48)3-18(10-23)30(49,50)51)24-11-19(31(52,53)54)4-20(12-24)32(55,56)57;19-18(22)15-8-4-10-16-14(15)9-5-11-20(16)12-17(21)13-6-2-1-3-7-13/h1-12H;1-11H,12H2,(H-,19,22)/q-1;/p+1. The monoisotopic (exact) mass is 1150 g/mol. The molecule has 420 valence electrons. The molecule has 4 nitrogen and oxygen atoms in total. The summed E-state index contributed by atoms with van der Waals surface area (Å²) in [7, 11) is 0. The predicted molar refractivity (Wildman–Crippen MR) is 234 cm³/mol. The Morgan fingerprint density at radius 3 is 0.924 bits per heavy atom. The highest BCUT2D eigenvalue weighted by Crippen LogP contribution is 2.41. The zero-order valence-corrected chi connectivity index (χ0v) is 38.5. The highest BCUT2D eigenvalue weighted by molar-refractivity contribution is 7.20. The molecule has 7 aromatic rings. The molecule has 0 aliphatic rings. The Hall–Kier alpha value is -7.75. The van der Waals surface area contributed by atoms with Gasteiger partial charge in [0.2, 0.25) is 23.8 Å². The summed E-state index contributed by atoms with van der Waals surface area (Å²) in [6.07, 6.45) is -53.0. The van der Waals surface area contributed by atoms with Crippen LogP contribution in [0.5, 0.6) is 0 Å². The van der Waals surface area contributed by atoms with Crippen LogP contribution in [0.3, 0.4) is 0 Å². The molecule has 6 aromatic carbocycles. The van der Waals surface area contributed by atoms with Gasteiger partial charge in [-0.3, -0.25) is 9.59 Å². The summed E-state index contributed by atoms with van der Waals surface area (Å²) in [5, 5.41) is 0.748. The third kappa shape index (κ3) is 13.4. The number of pyridine rings is 1. The van der Waals surface area contributed by atoms with Gasteiger partial charge in [0.15, 0.2) is 6.20 Å². The fourth-order valence-corrected chi connectivity index (χ4v) is 8.60. The van der Waals surface area contributed by atoms with Gasteiger partial charge in [-0.25, -0.2) is 0 Å². The van der Waals surface area contributed by atoms with E-state index < -0.39 is 201 Å². The molecule has 1 amide bonds. The number of benzene rings is 6. The number of carbonyl (C=O) groups excluding carboxylic acids is 2. The maximum Gasteiger partial charge on any atom is 0.416 e. The van der Waals surface area contributed by atoms with E-state index in [-0.39, 0.29) is 12.3 Å². The minimum absolute atomic E-state index is 0.0163. The van der Waals surface area contributed by atoms with Gasteiger partial charge < -0.3 is 5.73 Å². The molecule has 7 rings (SSSR count). The Labute approximate surface area is 426 Å². The second-order valence-corrected chi connectivity index (χ2v) is 17.3. The van der Waals surface area contributed by atoms with Crippen LogP contribution in [0, 0.1) is 0 Å². The number of amides is 1. The van der Waals surface area contributed by atoms with Crippen LogP contribution in [-0.4, -0.2) is 17.8 Å². The van der Waals surface area contributed by atoms with Crippen LogP contribution >= 0.6 is 0 Å². The molecule has 0 aliphatic carbocycles. The van der Waals surface area contributed by atoms with E-state index in [4.69, 9.17) is 5.73 Å².